The lowest BCUT2D eigenvalue weighted by Crippen LogP contribution is -2.31. The molecule has 6 nitrogen and oxygen atoms in total. The molecule has 0 saturated carbocycles. The average molecular weight is 332 g/mol. The Morgan fingerprint density at radius 1 is 1.17 bits per heavy atom. The Hall–Kier alpha value is -2.37. The molecule has 2 rings (SSSR count). The molecule has 1 saturated heterocycles. The van der Waals surface area contributed by atoms with Crippen LogP contribution in [0, 0.1) is 5.92 Å². The predicted molar refractivity (Wildman–Crippen MR) is 89.4 cm³/mol. The molecule has 2 amide bonds. The number of carboxylic acid groups (broad SMARTS) is 1. The van der Waals surface area contributed by atoms with Gasteiger partial charge in [-0.2, -0.15) is 0 Å². The minimum Gasteiger partial charge on any atom is -0.481 e. The molecule has 0 spiro atoms. The highest BCUT2D eigenvalue weighted by Crippen LogP contribution is 2.33. The minimum atomic E-state index is -0.889. The Bertz CT molecular complexity index is 588. The number of aliphatic carboxylic acids is 1. The van der Waals surface area contributed by atoms with E-state index in [0.29, 0.717) is 13.1 Å². The number of amides is 2. The van der Waals surface area contributed by atoms with Crippen LogP contribution in [0.3, 0.4) is 0 Å². The second-order valence-corrected chi connectivity index (χ2v) is 6.11. The minimum absolute atomic E-state index is 0.114. The van der Waals surface area contributed by atoms with E-state index in [-0.39, 0.29) is 37.1 Å². The number of hydrogen-bond acceptors (Lipinski definition) is 3. The van der Waals surface area contributed by atoms with E-state index in [0.717, 1.165) is 12.0 Å². The normalized spacial score (nSPS) is 20.0. The van der Waals surface area contributed by atoms with Gasteiger partial charge in [0.1, 0.15) is 0 Å². The molecule has 130 valence electrons. The molecular weight excluding hydrogens is 308 g/mol. The molecule has 1 aromatic rings. The van der Waals surface area contributed by atoms with Crippen LogP contribution in [0.4, 0.5) is 0 Å². The van der Waals surface area contributed by atoms with Crippen molar-refractivity contribution in [2.45, 2.75) is 32.1 Å². The van der Waals surface area contributed by atoms with Gasteiger partial charge in [0.25, 0.3) is 0 Å². The Kier molecular flexibility index (Phi) is 6.35. The van der Waals surface area contributed by atoms with Gasteiger partial charge in [0.15, 0.2) is 0 Å². The summed E-state index contributed by atoms with van der Waals surface area (Å²) in [5.74, 6) is -2.00. The summed E-state index contributed by atoms with van der Waals surface area (Å²) in [6.07, 6.45) is 1.11. The van der Waals surface area contributed by atoms with Crippen LogP contribution in [0.5, 0.6) is 0 Å². The van der Waals surface area contributed by atoms with E-state index in [1.807, 2.05) is 37.3 Å². The molecule has 2 N–H and O–H groups in total. The van der Waals surface area contributed by atoms with Gasteiger partial charge in [-0.25, -0.2) is 0 Å². The van der Waals surface area contributed by atoms with E-state index in [4.69, 9.17) is 0 Å². The van der Waals surface area contributed by atoms with Crippen LogP contribution in [0.15, 0.2) is 30.3 Å². The number of carbonyl (C=O) groups excluding carboxylic acids is 2. The van der Waals surface area contributed by atoms with Crippen LogP contribution in [0.2, 0.25) is 0 Å². The number of carbonyl (C=O) groups is 3. The van der Waals surface area contributed by atoms with Crippen molar-refractivity contribution in [1.82, 2.24) is 10.2 Å². The summed E-state index contributed by atoms with van der Waals surface area (Å²) in [5, 5.41) is 12.2. The van der Waals surface area contributed by atoms with Crippen molar-refractivity contribution in [1.29, 1.82) is 0 Å². The summed E-state index contributed by atoms with van der Waals surface area (Å²) < 4.78 is 0. The van der Waals surface area contributed by atoms with Crippen molar-refractivity contribution >= 4 is 17.8 Å². The van der Waals surface area contributed by atoms with Crippen molar-refractivity contribution in [3.05, 3.63) is 35.9 Å². The maximum absolute atomic E-state index is 12.3. The van der Waals surface area contributed by atoms with Gasteiger partial charge >= 0.3 is 5.97 Å². The van der Waals surface area contributed by atoms with E-state index < -0.39 is 11.9 Å². The lowest BCUT2D eigenvalue weighted by molar-refractivity contribution is -0.142. The van der Waals surface area contributed by atoms with E-state index in [2.05, 4.69) is 5.32 Å². The highest BCUT2D eigenvalue weighted by molar-refractivity contribution is 5.84. The molecule has 1 aliphatic rings. The summed E-state index contributed by atoms with van der Waals surface area (Å²) in [4.78, 5) is 37.0. The second kappa shape index (κ2) is 8.47. The first-order valence-electron chi connectivity index (χ1n) is 8.35. The Labute approximate surface area is 141 Å². The van der Waals surface area contributed by atoms with Crippen molar-refractivity contribution in [3.8, 4) is 0 Å². The highest BCUT2D eigenvalue weighted by Gasteiger charge is 2.40. The van der Waals surface area contributed by atoms with Gasteiger partial charge < -0.3 is 15.3 Å². The van der Waals surface area contributed by atoms with Crippen LogP contribution in [0.25, 0.3) is 0 Å². The molecule has 2 atom stereocenters. The van der Waals surface area contributed by atoms with Gasteiger partial charge in [-0.15, -0.1) is 0 Å². The Morgan fingerprint density at radius 3 is 2.50 bits per heavy atom. The number of benzene rings is 1. The zero-order valence-electron chi connectivity index (χ0n) is 13.9. The predicted octanol–water partition coefficient (Wildman–Crippen LogP) is 1.62. The Morgan fingerprint density at radius 2 is 1.88 bits per heavy atom. The zero-order chi connectivity index (χ0) is 17.5. The lowest BCUT2D eigenvalue weighted by Gasteiger charge is -2.16. The fraction of sp³-hybridized carbons (Fsp3) is 0.500. The fourth-order valence-corrected chi connectivity index (χ4v) is 3.03. The van der Waals surface area contributed by atoms with Crippen LogP contribution in [0.1, 0.15) is 37.7 Å². The Balaban J connectivity index is 1.96. The van der Waals surface area contributed by atoms with Crippen molar-refractivity contribution < 1.29 is 19.5 Å². The number of hydrogen-bond donors (Lipinski definition) is 2. The molecule has 1 aromatic carbocycles. The van der Waals surface area contributed by atoms with Gasteiger partial charge in [0.2, 0.25) is 11.8 Å². The molecule has 6 heteroatoms. The van der Waals surface area contributed by atoms with Gasteiger partial charge in [0.05, 0.1) is 5.92 Å². The van der Waals surface area contributed by atoms with Gasteiger partial charge in [-0.05, 0) is 12.0 Å². The summed E-state index contributed by atoms with van der Waals surface area (Å²) in [5.41, 5.74) is 0.931. The quantitative estimate of drug-likeness (QED) is 0.794. The summed E-state index contributed by atoms with van der Waals surface area (Å²) in [6, 6.07) is 9.42. The first-order chi connectivity index (χ1) is 11.5. The largest absolute Gasteiger partial charge is 0.481 e. The van der Waals surface area contributed by atoms with Crippen molar-refractivity contribution in [3.63, 3.8) is 0 Å². The molecule has 0 bridgehead atoms. The van der Waals surface area contributed by atoms with E-state index >= 15 is 0 Å². The fourth-order valence-electron chi connectivity index (χ4n) is 3.03. The monoisotopic (exact) mass is 332 g/mol. The molecule has 2 unspecified atom stereocenters. The molecule has 0 radical (unpaired) electrons. The van der Waals surface area contributed by atoms with E-state index in [9.17, 15) is 19.5 Å². The molecular formula is C18H24N2O4. The van der Waals surface area contributed by atoms with E-state index in [1.54, 1.807) is 4.90 Å². The van der Waals surface area contributed by atoms with E-state index in [1.165, 1.54) is 0 Å². The van der Waals surface area contributed by atoms with Gasteiger partial charge in [-0.3, -0.25) is 14.4 Å². The third-order valence-electron chi connectivity index (χ3n) is 4.36. The first-order valence-corrected chi connectivity index (χ1v) is 8.35. The third-order valence-corrected chi connectivity index (χ3v) is 4.36. The summed E-state index contributed by atoms with van der Waals surface area (Å²) in [6.45, 7) is 3.15. The smallest absolute Gasteiger partial charge is 0.308 e. The molecule has 1 fully saturated rings. The maximum Gasteiger partial charge on any atom is 0.308 e. The number of carboxylic acids is 1. The van der Waals surface area contributed by atoms with Crippen LogP contribution in [-0.4, -0.2) is 47.4 Å². The molecule has 24 heavy (non-hydrogen) atoms. The highest BCUT2D eigenvalue weighted by atomic mass is 16.4. The standard InChI is InChI=1S/C18H24N2O4/c1-2-10-19-16(21)8-9-17(22)20-11-14(15(12-20)18(23)24)13-6-4-3-5-7-13/h3-7,14-15H,2,8-12H2,1H3,(H,19,21)(H,23,24). The molecule has 0 aliphatic carbocycles. The lowest BCUT2D eigenvalue weighted by atomic mass is 9.89. The average Bonchev–Trinajstić information content (AvgIpc) is 3.04. The van der Waals surface area contributed by atoms with Gasteiger partial charge in [-0.1, -0.05) is 37.3 Å². The topological polar surface area (TPSA) is 86.7 Å². The molecule has 1 aliphatic heterocycles. The van der Waals surface area contributed by atoms with Gasteiger partial charge in [0, 0.05) is 38.4 Å². The van der Waals surface area contributed by atoms with Crippen molar-refractivity contribution in [2.24, 2.45) is 5.92 Å². The second-order valence-electron chi connectivity index (χ2n) is 6.11. The molecule has 1 heterocycles. The van der Waals surface area contributed by atoms with Crippen molar-refractivity contribution in [2.75, 3.05) is 19.6 Å². The number of likely N-dealkylation sites (tertiary alicyclic amines) is 1. The summed E-state index contributed by atoms with van der Waals surface area (Å²) in [7, 11) is 0. The van der Waals surface area contributed by atoms with Crippen LogP contribution >= 0.6 is 0 Å². The SMILES string of the molecule is CCCNC(=O)CCC(=O)N1CC(C(=O)O)C(c2ccccc2)C1. The van der Waals surface area contributed by atoms with Crippen LogP contribution < -0.4 is 5.32 Å². The zero-order valence-corrected chi connectivity index (χ0v) is 13.9. The number of nitrogens with zero attached hydrogens (tertiary/aromatic N) is 1. The first kappa shape index (κ1) is 18.0. The van der Waals surface area contributed by atoms with Crippen LogP contribution in [-0.2, 0) is 14.4 Å². The number of nitrogens with one attached hydrogen (secondary N) is 1. The molecule has 0 aromatic heterocycles. The number of rotatable bonds is 7. The maximum atomic E-state index is 12.3. The summed E-state index contributed by atoms with van der Waals surface area (Å²) >= 11 is 0. The third kappa shape index (κ3) is 4.57.